The molecule has 0 amide bonds. The topological polar surface area (TPSA) is 40.5 Å². The first-order valence-electron chi connectivity index (χ1n) is 6.94. The molecule has 0 spiro atoms. The third kappa shape index (κ3) is 2.88. The summed E-state index contributed by atoms with van der Waals surface area (Å²) in [6, 6.07) is 15.7. The Balaban J connectivity index is 1.93. The fourth-order valence-electron chi connectivity index (χ4n) is 2.83. The monoisotopic (exact) mass is 301 g/mol. The molecule has 3 nitrogen and oxygen atoms in total. The number of carboxylic acid groups (broad SMARTS) is 1. The van der Waals surface area contributed by atoms with E-state index in [4.69, 9.17) is 11.6 Å². The Kier molecular flexibility index (Phi) is 3.84. The van der Waals surface area contributed by atoms with E-state index in [1.807, 2.05) is 48.5 Å². The Labute approximate surface area is 128 Å². The molecule has 3 rings (SSSR count). The van der Waals surface area contributed by atoms with E-state index in [0.717, 1.165) is 16.8 Å². The van der Waals surface area contributed by atoms with Crippen LogP contribution in [0, 0.1) is 5.92 Å². The number of rotatable bonds is 3. The molecular weight excluding hydrogens is 286 g/mol. The molecule has 0 bridgehead atoms. The molecule has 1 aliphatic heterocycles. The lowest BCUT2D eigenvalue weighted by Crippen LogP contribution is -2.38. The molecule has 1 N–H and O–H groups in total. The molecule has 0 aliphatic carbocycles. The van der Waals surface area contributed by atoms with Gasteiger partial charge in [0.1, 0.15) is 0 Å². The second kappa shape index (κ2) is 5.78. The van der Waals surface area contributed by atoms with Crippen molar-refractivity contribution in [1.29, 1.82) is 0 Å². The molecule has 1 aliphatic rings. The summed E-state index contributed by atoms with van der Waals surface area (Å²) in [5, 5.41) is 10.1. The van der Waals surface area contributed by atoms with Gasteiger partial charge in [0, 0.05) is 23.8 Å². The predicted molar refractivity (Wildman–Crippen MR) is 83.8 cm³/mol. The SMILES string of the molecule is O=C(O)C1Cc2ccccc2N(Cc2ccccc2Cl)C1. The van der Waals surface area contributed by atoms with Gasteiger partial charge >= 0.3 is 5.97 Å². The van der Waals surface area contributed by atoms with Gasteiger partial charge in [0.2, 0.25) is 0 Å². The van der Waals surface area contributed by atoms with Crippen LogP contribution in [0.3, 0.4) is 0 Å². The van der Waals surface area contributed by atoms with Crippen molar-refractivity contribution in [2.24, 2.45) is 5.92 Å². The van der Waals surface area contributed by atoms with E-state index in [9.17, 15) is 9.90 Å². The average Bonchev–Trinajstić information content (AvgIpc) is 2.49. The molecule has 4 heteroatoms. The highest BCUT2D eigenvalue weighted by Gasteiger charge is 2.28. The van der Waals surface area contributed by atoms with Gasteiger partial charge in [0.15, 0.2) is 0 Å². The van der Waals surface area contributed by atoms with Gasteiger partial charge in [-0.15, -0.1) is 0 Å². The molecule has 0 fully saturated rings. The highest BCUT2D eigenvalue weighted by molar-refractivity contribution is 6.31. The molecule has 1 unspecified atom stereocenters. The first kappa shape index (κ1) is 14.0. The van der Waals surface area contributed by atoms with Gasteiger partial charge in [0.25, 0.3) is 0 Å². The standard InChI is InChI=1S/C17H16ClNO2/c18-15-7-3-1-6-13(15)10-19-11-14(17(20)21)9-12-5-2-4-8-16(12)19/h1-8,14H,9-11H2,(H,20,21). The lowest BCUT2D eigenvalue weighted by Gasteiger charge is -2.34. The van der Waals surface area contributed by atoms with Crippen molar-refractivity contribution < 1.29 is 9.90 Å². The smallest absolute Gasteiger partial charge is 0.308 e. The van der Waals surface area contributed by atoms with Crippen LogP contribution in [-0.2, 0) is 17.8 Å². The number of hydrogen-bond acceptors (Lipinski definition) is 2. The first-order valence-corrected chi connectivity index (χ1v) is 7.32. The molecule has 0 aromatic heterocycles. The number of benzene rings is 2. The number of carboxylic acids is 1. The summed E-state index contributed by atoms with van der Waals surface area (Å²) in [7, 11) is 0. The molecule has 1 atom stereocenters. The van der Waals surface area contributed by atoms with Crippen LogP contribution < -0.4 is 4.90 Å². The minimum absolute atomic E-state index is 0.373. The van der Waals surface area contributed by atoms with Crippen LogP contribution in [0.25, 0.3) is 0 Å². The van der Waals surface area contributed by atoms with E-state index in [1.165, 1.54) is 0 Å². The molecule has 0 radical (unpaired) electrons. The van der Waals surface area contributed by atoms with Gasteiger partial charge < -0.3 is 10.0 Å². The van der Waals surface area contributed by atoms with Crippen LogP contribution in [0.4, 0.5) is 5.69 Å². The van der Waals surface area contributed by atoms with Crippen molar-refractivity contribution in [3.8, 4) is 0 Å². The lowest BCUT2D eigenvalue weighted by molar-refractivity contribution is -0.141. The maximum atomic E-state index is 11.4. The van der Waals surface area contributed by atoms with Crippen LogP contribution in [0.1, 0.15) is 11.1 Å². The van der Waals surface area contributed by atoms with Crippen molar-refractivity contribution in [3.05, 3.63) is 64.7 Å². The highest BCUT2D eigenvalue weighted by Crippen LogP contribution is 2.31. The lowest BCUT2D eigenvalue weighted by atomic mass is 9.92. The predicted octanol–water partition coefficient (Wildman–Crippen LogP) is 3.60. The van der Waals surface area contributed by atoms with E-state index in [-0.39, 0.29) is 5.92 Å². The minimum Gasteiger partial charge on any atom is -0.481 e. The van der Waals surface area contributed by atoms with Gasteiger partial charge in [-0.25, -0.2) is 0 Å². The molecule has 0 saturated carbocycles. The number of fused-ring (bicyclic) bond motifs is 1. The van der Waals surface area contributed by atoms with E-state index in [2.05, 4.69) is 4.90 Å². The molecule has 21 heavy (non-hydrogen) atoms. The summed E-state index contributed by atoms with van der Waals surface area (Å²) in [4.78, 5) is 13.5. The second-order valence-electron chi connectivity index (χ2n) is 5.34. The normalized spacial score (nSPS) is 17.4. The Morgan fingerprint density at radius 1 is 1.19 bits per heavy atom. The van der Waals surface area contributed by atoms with Crippen molar-refractivity contribution in [2.75, 3.05) is 11.4 Å². The Morgan fingerprint density at radius 3 is 2.67 bits per heavy atom. The van der Waals surface area contributed by atoms with Crippen LogP contribution in [-0.4, -0.2) is 17.6 Å². The van der Waals surface area contributed by atoms with Crippen molar-refractivity contribution >= 4 is 23.3 Å². The number of para-hydroxylation sites is 1. The zero-order chi connectivity index (χ0) is 14.8. The van der Waals surface area contributed by atoms with Crippen LogP contribution in [0.15, 0.2) is 48.5 Å². The fourth-order valence-corrected chi connectivity index (χ4v) is 3.03. The van der Waals surface area contributed by atoms with Crippen molar-refractivity contribution in [1.82, 2.24) is 0 Å². The summed E-state index contributed by atoms with van der Waals surface area (Å²) in [5.41, 5.74) is 3.21. The average molecular weight is 302 g/mol. The molecule has 108 valence electrons. The first-order chi connectivity index (χ1) is 10.1. The largest absolute Gasteiger partial charge is 0.481 e. The summed E-state index contributed by atoms with van der Waals surface area (Å²) in [6.45, 7) is 1.14. The molecule has 0 saturated heterocycles. The Morgan fingerprint density at radius 2 is 1.90 bits per heavy atom. The quantitative estimate of drug-likeness (QED) is 0.941. The Bertz CT molecular complexity index is 671. The molecule has 2 aromatic rings. The zero-order valence-electron chi connectivity index (χ0n) is 11.5. The summed E-state index contributed by atoms with van der Waals surface area (Å²) < 4.78 is 0. The number of halogens is 1. The maximum absolute atomic E-state index is 11.4. The van der Waals surface area contributed by atoms with Crippen LogP contribution in [0.2, 0.25) is 5.02 Å². The highest BCUT2D eigenvalue weighted by atomic mass is 35.5. The van der Waals surface area contributed by atoms with Crippen molar-refractivity contribution in [3.63, 3.8) is 0 Å². The van der Waals surface area contributed by atoms with Crippen LogP contribution in [0.5, 0.6) is 0 Å². The third-order valence-electron chi connectivity index (χ3n) is 3.91. The third-order valence-corrected chi connectivity index (χ3v) is 4.28. The molecule has 1 heterocycles. The summed E-state index contributed by atoms with van der Waals surface area (Å²) in [6.07, 6.45) is 0.588. The van der Waals surface area contributed by atoms with E-state index >= 15 is 0 Å². The van der Waals surface area contributed by atoms with Gasteiger partial charge in [-0.2, -0.15) is 0 Å². The number of carbonyl (C=O) groups is 1. The fraction of sp³-hybridized carbons (Fsp3) is 0.235. The van der Waals surface area contributed by atoms with Gasteiger partial charge in [-0.1, -0.05) is 48.0 Å². The summed E-state index contributed by atoms with van der Waals surface area (Å²) >= 11 is 6.23. The van der Waals surface area contributed by atoms with Crippen LogP contribution >= 0.6 is 11.6 Å². The second-order valence-corrected chi connectivity index (χ2v) is 5.75. The maximum Gasteiger partial charge on any atom is 0.308 e. The van der Waals surface area contributed by atoms with E-state index in [1.54, 1.807) is 0 Å². The molecule has 2 aromatic carbocycles. The number of aliphatic carboxylic acids is 1. The van der Waals surface area contributed by atoms with Gasteiger partial charge in [-0.05, 0) is 29.7 Å². The molecular formula is C17H16ClNO2. The van der Waals surface area contributed by atoms with Crippen molar-refractivity contribution in [2.45, 2.75) is 13.0 Å². The Hall–Kier alpha value is -2.00. The summed E-state index contributed by atoms with van der Waals surface area (Å²) in [5.74, 6) is -1.11. The minimum atomic E-state index is -0.742. The van der Waals surface area contributed by atoms with Gasteiger partial charge in [-0.3, -0.25) is 4.79 Å². The number of nitrogens with zero attached hydrogens (tertiary/aromatic N) is 1. The zero-order valence-corrected chi connectivity index (χ0v) is 12.3. The van der Waals surface area contributed by atoms with Gasteiger partial charge in [0.05, 0.1) is 5.92 Å². The number of hydrogen-bond donors (Lipinski definition) is 1. The van der Waals surface area contributed by atoms with E-state index < -0.39 is 5.97 Å². The number of anilines is 1. The van der Waals surface area contributed by atoms with E-state index in [0.29, 0.717) is 24.5 Å².